The smallest absolute Gasteiger partial charge is 0.240 e. The van der Waals surface area contributed by atoms with Crippen molar-refractivity contribution in [3.8, 4) is 17.2 Å². The molecule has 208 valence electrons. The van der Waals surface area contributed by atoms with Crippen LogP contribution in [0.4, 0.5) is 5.82 Å². The molecule has 0 aliphatic carbocycles. The van der Waals surface area contributed by atoms with Gasteiger partial charge in [-0.1, -0.05) is 57.5 Å². The number of ether oxygens (including phenoxy) is 2. The molecule has 1 aliphatic heterocycles. The van der Waals surface area contributed by atoms with Crippen LogP contribution in [-0.2, 0) is 15.0 Å². The molecule has 4 rings (SSSR count). The van der Waals surface area contributed by atoms with Gasteiger partial charge in [-0.05, 0) is 36.2 Å². The van der Waals surface area contributed by atoms with Gasteiger partial charge in [0.2, 0.25) is 11.8 Å². The van der Waals surface area contributed by atoms with Crippen LogP contribution in [0.25, 0.3) is 5.69 Å². The van der Waals surface area contributed by atoms with Crippen molar-refractivity contribution in [3.63, 3.8) is 0 Å². The minimum absolute atomic E-state index is 0.120. The highest BCUT2D eigenvalue weighted by atomic mass is 35.5. The highest BCUT2D eigenvalue weighted by molar-refractivity contribution is 8.00. The molecule has 1 N–H and O–H groups in total. The standard InChI is InChI=1S/C29H35ClN4O4S/c1-7-14-31-23(35)16-33-24(36)17-39-26(18-12-13-21(37-5)22(15-18)38-6)25-27(29(2,3)4)32-34(28(25)33)20-11-9-8-10-19(20)30/h8-13,15,26H,7,14,16-17H2,1-6H3,(H,31,35)/t26-/m1/s1. The van der Waals surface area contributed by atoms with Crippen molar-refractivity contribution in [2.45, 2.75) is 44.8 Å². The summed E-state index contributed by atoms with van der Waals surface area (Å²) < 4.78 is 12.8. The van der Waals surface area contributed by atoms with Crippen molar-refractivity contribution < 1.29 is 19.1 Å². The summed E-state index contributed by atoms with van der Waals surface area (Å²) in [6.45, 7) is 8.68. The molecule has 1 aromatic heterocycles. The first-order chi connectivity index (χ1) is 18.6. The van der Waals surface area contributed by atoms with Gasteiger partial charge in [0.05, 0.1) is 41.6 Å². The average molecular weight is 571 g/mol. The molecule has 0 unspecified atom stereocenters. The fourth-order valence-electron chi connectivity index (χ4n) is 4.61. The van der Waals surface area contributed by atoms with Crippen LogP contribution in [-0.4, -0.2) is 54.7 Å². The number of para-hydroxylation sites is 1. The lowest BCUT2D eigenvalue weighted by atomic mass is 9.87. The molecule has 8 nitrogen and oxygen atoms in total. The number of rotatable bonds is 8. The van der Waals surface area contributed by atoms with Gasteiger partial charge in [0.1, 0.15) is 12.4 Å². The Hall–Kier alpha value is -3.17. The number of thioether (sulfide) groups is 1. The molecule has 3 aromatic rings. The lowest BCUT2D eigenvalue weighted by Crippen LogP contribution is -2.42. The second-order valence-electron chi connectivity index (χ2n) is 10.3. The summed E-state index contributed by atoms with van der Waals surface area (Å²) in [5.74, 6) is 1.54. The predicted octanol–water partition coefficient (Wildman–Crippen LogP) is 5.54. The highest BCUT2D eigenvalue weighted by Gasteiger charge is 2.40. The van der Waals surface area contributed by atoms with E-state index >= 15 is 0 Å². The Labute approximate surface area is 239 Å². The monoisotopic (exact) mass is 570 g/mol. The molecule has 0 saturated carbocycles. The van der Waals surface area contributed by atoms with Crippen molar-refractivity contribution >= 4 is 41.0 Å². The highest BCUT2D eigenvalue weighted by Crippen LogP contribution is 2.49. The first-order valence-electron chi connectivity index (χ1n) is 12.9. The van der Waals surface area contributed by atoms with Gasteiger partial charge in [-0.15, -0.1) is 11.8 Å². The molecule has 2 aromatic carbocycles. The summed E-state index contributed by atoms with van der Waals surface area (Å²) in [5, 5.41) is 8.21. The third-order valence-corrected chi connectivity index (χ3v) is 8.04. The fourth-order valence-corrected chi connectivity index (χ4v) is 6.01. The molecular weight excluding hydrogens is 536 g/mol. The quantitative estimate of drug-likeness (QED) is 0.383. The van der Waals surface area contributed by atoms with Crippen molar-refractivity contribution in [3.05, 3.63) is 64.3 Å². The molecule has 10 heteroatoms. The molecule has 1 atom stereocenters. The third kappa shape index (κ3) is 5.89. The molecule has 2 amide bonds. The SMILES string of the molecule is CCCNC(=O)CN1C(=O)CS[C@H](c2ccc(OC)c(OC)c2)c2c(C(C)(C)C)nn(-c3ccccc3Cl)c21. The van der Waals surface area contributed by atoms with Gasteiger partial charge < -0.3 is 14.8 Å². The Morgan fingerprint density at radius 1 is 1.15 bits per heavy atom. The molecule has 0 bridgehead atoms. The number of hydrogen-bond acceptors (Lipinski definition) is 6. The van der Waals surface area contributed by atoms with Crippen LogP contribution < -0.4 is 19.7 Å². The van der Waals surface area contributed by atoms with E-state index in [2.05, 4.69) is 26.1 Å². The zero-order valence-corrected chi connectivity index (χ0v) is 24.8. The number of anilines is 1. The summed E-state index contributed by atoms with van der Waals surface area (Å²) >= 11 is 8.18. The van der Waals surface area contributed by atoms with Crippen LogP contribution in [0, 0.1) is 0 Å². The molecule has 0 spiro atoms. The topological polar surface area (TPSA) is 85.7 Å². The van der Waals surface area contributed by atoms with Crippen LogP contribution in [0.3, 0.4) is 0 Å². The van der Waals surface area contributed by atoms with Gasteiger partial charge in [0.15, 0.2) is 11.5 Å². The van der Waals surface area contributed by atoms with Crippen LogP contribution in [0.2, 0.25) is 5.02 Å². The van der Waals surface area contributed by atoms with E-state index in [0.717, 1.165) is 23.2 Å². The number of nitrogens with one attached hydrogen (secondary N) is 1. The number of benzene rings is 2. The van der Waals surface area contributed by atoms with Crippen molar-refractivity contribution in [1.29, 1.82) is 0 Å². The van der Waals surface area contributed by atoms with E-state index in [1.807, 2.05) is 43.3 Å². The van der Waals surface area contributed by atoms with Crippen LogP contribution in [0.1, 0.15) is 56.2 Å². The summed E-state index contributed by atoms with van der Waals surface area (Å²) in [6, 6.07) is 13.2. The minimum atomic E-state index is -0.379. The number of methoxy groups -OCH3 is 2. The Morgan fingerprint density at radius 2 is 1.87 bits per heavy atom. The molecule has 0 fully saturated rings. The summed E-state index contributed by atoms with van der Waals surface area (Å²) in [6.07, 6.45) is 0.799. The summed E-state index contributed by atoms with van der Waals surface area (Å²) in [7, 11) is 3.20. The second kappa shape index (κ2) is 11.9. The Morgan fingerprint density at radius 3 is 2.51 bits per heavy atom. The summed E-state index contributed by atoms with van der Waals surface area (Å²) in [4.78, 5) is 28.2. The largest absolute Gasteiger partial charge is 0.493 e. The second-order valence-corrected chi connectivity index (χ2v) is 11.8. The van der Waals surface area contributed by atoms with Gasteiger partial charge in [-0.3, -0.25) is 14.5 Å². The molecule has 0 saturated heterocycles. The maximum Gasteiger partial charge on any atom is 0.240 e. The number of hydrogen-bond donors (Lipinski definition) is 1. The van der Waals surface area contributed by atoms with Gasteiger partial charge in [0.25, 0.3) is 0 Å². The van der Waals surface area contributed by atoms with Crippen LogP contribution in [0.15, 0.2) is 42.5 Å². The van der Waals surface area contributed by atoms with E-state index in [0.29, 0.717) is 34.6 Å². The van der Waals surface area contributed by atoms with Crippen LogP contribution >= 0.6 is 23.4 Å². The van der Waals surface area contributed by atoms with Crippen LogP contribution in [0.5, 0.6) is 11.5 Å². The predicted molar refractivity (Wildman–Crippen MR) is 157 cm³/mol. The fraction of sp³-hybridized carbons (Fsp3) is 0.414. The zero-order chi connectivity index (χ0) is 28.3. The number of aromatic nitrogens is 2. The van der Waals surface area contributed by atoms with Crippen molar-refractivity contribution in [2.24, 2.45) is 0 Å². The van der Waals surface area contributed by atoms with Gasteiger partial charge in [0, 0.05) is 17.5 Å². The number of halogens is 1. The molecule has 0 radical (unpaired) electrons. The average Bonchev–Trinajstić information content (AvgIpc) is 3.24. The zero-order valence-electron chi connectivity index (χ0n) is 23.2. The maximum atomic E-state index is 13.7. The number of carbonyl (C=O) groups excluding carboxylic acids is 2. The molecular formula is C29H35ClN4O4S. The lowest BCUT2D eigenvalue weighted by Gasteiger charge is -2.25. The maximum absolute atomic E-state index is 13.7. The molecule has 39 heavy (non-hydrogen) atoms. The first kappa shape index (κ1) is 28.8. The number of amides is 2. The number of nitrogens with zero attached hydrogens (tertiary/aromatic N) is 3. The third-order valence-electron chi connectivity index (χ3n) is 6.46. The summed E-state index contributed by atoms with van der Waals surface area (Å²) in [5.41, 5.74) is 2.88. The van der Waals surface area contributed by atoms with E-state index < -0.39 is 0 Å². The normalized spacial score (nSPS) is 15.5. The number of carbonyl (C=O) groups is 2. The van der Waals surface area contributed by atoms with Gasteiger partial charge in [-0.25, -0.2) is 4.68 Å². The first-order valence-corrected chi connectivity index (χ1v) is 14.3. The Bertz CT molecular complexity index is 1370. The molecule has 1 aliphatic rings. The number of fused-ring (bicyclic) bond motifs is 1. The molecule has 2 heterocycles. The van der Waals surface area contributed by atoms with Crippen molar-refractivity contribution in [1.82, 2.24) is 15.1 Å². The lowest BCUT2D eigenvalue weighted by molar-refractivity contribution is -0.122. The Balaban J connectivity index is 2.02. The minimum Gasteiger partial charge on any atom is -0.493 e. The van der Waals surface area contributed by atoms with E-state index in [-0.39, 0.29) is 34.8 Å². The van der Waals surface area contributed by atoms with E-state index in [1.54, 1.807) is 29.9 Å². The van der Waals surface area contributed by atoms with Crippen molar-refractivity contribution in [2.75, 3.05) is 38.0 Å². The van der Waals surface area contributed by atoms with Gasteiger partial charge >= 0.3 is 0 Å². The van der Waals surface area contributed by atoms with Gasteiger partial charge in [-0.2, -0.15) is 5.10 Å². The van der Waals surface area contributed by atoms with E-state index in [1.165, 1.54) is 11.8 Å². The van der Waals surface area contributed by atoms with E-state index in [4.69, 9.17) is 26.2 Å². The Kier molecular flexibility index (Phi) is 8.81. The van der Waals surface area contributed by atoms with E-state index in [9.17, 15) is 9.59 Å².